The molecular formula is C15H25N3O2. The molecule has 1 rings (SSSR count). The topological polar surface area (TPSA) is 67.6 Å². The van der Waals surface area contributed by atoms with Crippen LogP contribution in [0, 0.1) is 5.92 Å². The monoisotopic (exact) mass is 279 g/mol. The molecule has 0 fully saturated rings. The standard InChI is InChI=1S/C15H25N3O2/c1-4-12(2)11-18(3)8-9-20-14-7-5-6-13(10-14)15(19)17-16/h5-7,10,12H,4,8-9,11,16H2,1-3H3,(H,17,19). The lowest BCUT2D eigenvalue weighted by molar-refractivity contribution is 0.0953. The molecule has 0 saturated heterocycles. The van der Waals surface area contributed by atoms with E-state index in [4.69, 9.17) is 10.6 Å². The van der Waals surface area contributed by atoms with Crippen LogP contribution in [0.3, 0.4) is 0 Å². The number of amides is 1. The summed E-state index contributed by atoms with van der Waals surface area (Å²) in [6, 6.07) is 7.01. The van der Waals surface area contributed by atoms with E-state index >= 15 is 0 Å². The van der Waals surface area contributed by atoms with Gasteiger partial charge in [0.25, 0.3) is 5.91 Å². The lowest BCUT2D eigenvalue weighted by Crippen LogP contribution is -2.30. The average Bonchev–Trinajstić information content (AvgIpc) is 2.46. The molecule has 0 aromatic heterocycles. The van der Waals surface area contributed by atoms with Crippen molar-refractivity contribution in [3.63, 3.8) is 0 Å². The fourth-order valence-corrected chi connectivity index (χ4v) is 1.88. The molecule has 1 aromatic carbocycles. The van der Waals surface area contributed by atoms with Crippen LogP contribution < -0.4 is 16.0 Å². The first-order valence-corrected chi connectivity index (χ1v) is 6.99. The lowest BCUT2D eigenvalue weighted by atomic mass is 10.1. The van der Waals surface area contributed by atoms with E-state index in [1.807, 2.05) is 6.07 Å². The van der Waals surface area contributed by atoms with Gasteiger partial charge in [0.2, 0.25) is 0 Å². The van der Waals surface area contributed by atoms with Crippen molar-refractivity contribution in [1.82, 2.24) is 10.3 Å². The summed E-state index contributed by atoms with van der Waals surface area (Å²) in [6.45, 7) is 6.96. The Bertz CT molecular complexity index is 423. The molecule has 1 atom stereocenters. The minimum absolute atomic E-state index is 0.315. The maximum absolute atomic E-state index is 11.4. The second kappa shape index (κ2) is 8.55. The van der Waals surface area contributed by atoms with Crippen LogP contribution in [0.1, 0.15) is 30.6 Å². The average molecular weight is 279 g/mol. The van der Waals surface area contributed by atoms with Gasteiger partial charge in [-0.1, -0.05) is 26.3 Å². The molecule has 5 heteroatoms. The van der Waals surface area contributed by atoms with Crippen LogP contribution in [0.2, 0.25) is 0 Å². The van der Waals surface area contributed by atoms with E-state index in [-0.39, 0.29) is 5.91 Å². The third-order valence-corrected chi connectivity index (χ3v) is 3.29. The number of carbonyl (C=O) groups is 1. The van der Waals surface area contributed by atoms with Crippen LogP contribution in [0.25, 0.3) is 0 Å². The summed E-state index contributed by atoms with van der Waals surface area (Å²) in [5.41, 5.74) is 2.61. The maximum atomic E-state index is 11.4. The Hall–Kier alpha value is -1.59. The molecule has 1 aromatic rings. The van der Waals surface area contributed by atoms with Gasteiger partial charge in [0.15, 0.2) is 0 Å². The Morgan fingerprint density at radius 1 is 1.50 bits per heavy atom. The van der Waals surface area contributed by atoms with Crippen LogP contribution in [0.15, 0.2) is 24.3 Å². The van der Waals surface area contributed by atoms with Crippen LogP contribution in [-0.2, 0) is 0 Å². The lowest BCUT2D eigenvalue weighted by Gasteiger charge is -2.20. The largest absolute Gasteiger partial charge is 0.492 e. The Labute approximate surface area is 121 Å². The molecule has 5 nitrogen and oxygen atoms in total. The smallest absolute Gasteiger partial charge is 0.265 e. The normalized spacial score (nSPS) is 12.2. The second-order valence-electron chi connectivity index (χ2n) is 5.13. The number of hydrogen-bond donors (Lipinski definition) is 2. The first-order valence-electron chi connectivity index (χ1n) is 6.99. The van der Waals surface area contributed by atoms with E-state index in [1.165, 1.54) is 6.42 Å². The van der Waals surface area contributed by atoms with Gasteiger partial charge >= 0.3 is 0 Å². The van der Waals surface area contributed by atoms with E-state index < -0.39 is 0 Å². The number of nitrogens with two attached hydrogens (primary N) is 1. The Kier molecular flexibility index (Phi) is 7.04. The highest BCUT2D eigenvalue weighted by Crippen LogP contribution is 2.13. The molecule has 0 radical (unpaired) electrons. The van der Waals surface area contributed by atoms with Gasteiger partial charge in [-0.3, -0.25) is 10.2 Å². The van der Waals surface area contributed by atoms with Gasteiger partial charge < -0.3 is 9.64 Å². The highest BCUT2D eigenvalue weighted by molar-refractivity contribution is 5.94. The number of rotatable bonds is 8. The zero-order valence-electron chi connectivity index (χ0n) is 12.6. The predicted octanol–water partition coefficient (Wildman–Crippen LogP) is 1.65. The number of nitrogens with zero attached hydrogens (tertiary/aromatic N) is 1. The first kappa shape index (κ1) is 16.5. The van der Waals surface area contributed by atoms with Crippen molar-refractivity contribution in [3.05, 3.63) is 29.8 Å². The van der Waals surface area contributed by atoms with Crippen LogP contribution in [0.4, 0.5) is 0 Å². The highest BCUT2D eigenvalue weighted by Gasteiger charge is 2.06. The third kappa shape index (κ3) is 5.59. The number of hydrazine groups is 1. The fourth-order valence-electron chi connectivity index (χ4n) is 1.88. The zero-order valence-corrected chi connectivity index (χ0v) is 12.6. The van der Waals surface area contributed by atoms with E-state index in [2.05, 4.69) is 31.2 Å². The van der Waals surface area contributed by atoms with E-state index in [9.17, 15) is 4.79 Å². The van der Waals surface area contributed by atoms with Gasteiger partial charge in [0.05, 0.1) is 0 Å². The molecular weight excluding hydrogens is 254 g/mol. The van der Waals surface area contributed by atoms with Crippen LogP contribution >= 0.6 is 0 Å². The quantitative estimate of drug-likeness (QED) is 0.431. The Morgan fingerprint density at radius 3 is 2.90 bits per heavy atom. The molecule has 0 spiro atoms. The van der Waals surface area contributed by atoms with Gasteiger partial charge in [0, 0.05) is 18.7 Å². The van der Waals surface area contributed by atoms with Gasteiger partial charge in [-0.05, 0) is 31.2 Å². The van der Waals surface area contributed by atoms with Gasteiger partial charge in [-0.2, -0.15) is 0 Å². The Morgan fingerprint density at radius 2 is 2.25 bits per heavy atom. The van der Waals surface area contributed by atoms with Crippen molar-refractivity contribution in [2.24, 2.45) is 11.8 Å². The van der Waals surface area contributed by atoms with Crippen molar-refractivity contribution in [1.29, 1.82) is 0 Å². The number of carbonyl (C=O) groups excluding carboxylic acids is 1. The van der Waals surface area contributed by atoms with Crippen molar-refractivity contribution in [3.8, 4) is 5.75 Å². The number of likely N-dealkylation sites (N-methyl/N-ethyl adjacent to an activating group) is 1. The molecule has 0 aliphatic carbocycles. The molecule has 0 heterocycles. The van der Waals surface area contributed by atoms with Crippen molar-refractivity contribution < 1.29 is 9.53 Å². The molecule has 0 bridgehead atoms. The number of hydrogen-bond acceptors (Lipinski definition) is 4. The van der Waals surface area contributed by atoms with E-state index in [1.54, 1.807) is 18.2 Å². The van der Waals surface area contributed by atoms with Crippen LogP contribution in [-0.4, -0.2) is 37.6 Å². The molecule has 1 unspecified atom stereocenters. The third-order valence-electron chi connectivity index (χ3n) is 3.29. The molecule has 3 N–H and O–H groups in total. The molecule has 0 aliphatic rings. The molecule has 0 aliphatic heterocycles. The second-order valence-corrected chi connectivity index (χ2v) is 5.13. The summed E-state index contributed by atoms with van der Waals surface area (Å²) in [6.07, 6.45) is 1.18. The predicted molar refractivity (Wildman–Crippen MR) is 80.5 cm³/mol. The summed E-state index contributed by atoms with van der Waals surface area (Å²) in [5.74, 6) is 6.17. The van der Waals surface area contributed by atoms with E-state index in [0.717, 1.165) is 13.1 Å². The molecule has 20 heavy (non-hydrogen) atoms. The van der Waals surface area contributed by atoms with Crippen molar-refractivity contribution in [2.45, 2.75) is 20.3 Å². The number of benzene rings is 1. The molecule has 1 amide bonds. The number of nitrogens with one attached hydrogen (secondary N) is 1. The van der Waals surface area contributed by atoms with Crippen LogP contribution in [0.5, 0.6) is 5.75 Å². The summed E-state index contributed by atoms with van der Waals surface area (Å²) < 4.78 is 5.66. The van der Waals surface area contributed by atoms with Crippen molar-refractivity contribution >= 4 is 5.91 Å². The molecule has 112 valence electrons. The first-order chi connectivity index (χ1) is 9.56. The Balaban J connectivity index is 2.40. The molecule has 0 saturated carbocycles. The summed E-state index contributed by atoms with van der Waals surface area (Å²) >= 11 is 0. The van der Waals surface area contributed by atoms with Crippen molar-refractivity contribution in [2.75, 3.05) is 26.7 Å². The summed E-state index contributed by atoms with van der Waals surface area (Å²) in [4.78, 5) is 13.7. The summed E-state index contributed by atoms with van der Waals surface area (Å²) in [7, 11) is 2.09. The van der Waals surface area contributed by atoms with Gasteiger partial charge in [0.1, 0.15) is 12.4 Å². The minimum atomic E-state index is -0.315. The zero-order chi connectivity index (χ0) is 15.0. The number of nitrogen functional groups attached to an aromatic ring is 1. The fraction of sp³-hybridized carbons (Fsp3) is 0.533. The number of ether oxygens (including phenoxy) is 1. The van der Waals surface area contributed by atoms with E-state index in [0.29, 0.717) is 23.8 Å². The van der Waals surface area contributed by atoms with Gasteiger partial charge in [-0.25, -0.2) is 5.84 Å². The summed E-state index contributed by atoms with van der Waals surface area (Å²) in [5, 5.41) is 0. The minimum Gasteiger partial charge on any atom is -0.492 e. The van der Waals surface area contributed by atoms with Gasteiger partial charge in [-0.15, -0.1) is 0 Å². The SMILES string of the molecule is CCC(C)CN(C)CCOc1cccc(C(=O)NN)c1. The highest BCUT2D eigenvalue weighted by atomic mass is 16.5. The maximum Gasteiger partial charge on any atom is 0.265 e.